The van der Waals surface area contributed by atoms with Gasteiger partial charge in [0.25, 0.3) is 5.91 Å². The fraction of sp³-hybridized carbons (Fsp3) is 0.500. The average molecular weight is 306 g/mol. The van der Waals surface area contributed by atoms with Crippen molar-refractivity contribution in [1.29, 1.82) is 0 Å². The van der Waals surface area contributed by atoms with Crippen LogP contribution in [-0.4, -0.2) is 45.1 Å². The Balaban J connectivity index is 1.80. The summed E-state index contributed by atoms with van der Waals surface area (Å²) in [5.41, 5.74) is 7.07. The van der Waals surface area contributed by atoms with Gasteiger partial charge in [0.15, 0.2) is 0 Å². The van der Waals surface area contributed by atoms with Crippen molar-refractivity contribution in [2.45, 2.75) is 25.9 Å². The Bertz CT molecular complexity index is 662. The molecule has 1 atom stereocenters. The summed E-state index contributed by atoms with van der Waals surface area (Å²) in [6, 6.07) is 0. The SMILES string of the molecule is CC(O)C1CCN(C(=O)c2sc3nccnc3c2N)CC1. The third kappa shape index (κ3) is 2.58. The number of likely N-dealkylation sites (tertiary alicyclic amines) is 1. The number of aliphatic hydroxyl groups excluding tert-OH is 1. The molecule has 1 unspecified atom stereocenters. The van der Waals surface area contributed by atoms with Gasteiger partial charge in [-0.1, -0.05) is 0 Å². The number of carbonyl (C=O) groups is 1. The molecular weight excluding hydrogens is 288 g/mol. The molecule has 112 valence electrons. The molecular formula is C14H18N4O2S. The highest BCUT2D eigenvalue weighted by Crippen LogP contribution is 2.32. The van der Waals surface area contributed by atoms with Crippen molar-refractivity contribution in [3.63, 3.8) is 0 Å². The first kappa shape index (κ1) is 14.2. The molecule has 21 heavy (non-hydrogen) atoms. The number of hydrogen-bond acceptors (Lipinski definition) is 6. The van der Waals surface area contributed by atoms with Gasteiger partial charge in [-0.05, 0) is 25.7 Å². The van der Waals surface area contributed by atoms with E-state index in [1.807, 2.05) is 6.92 Å². The summed E-state index contributed by atoms with van der Waals surface area (Å²) in [4.78, 5) is 24.0. The standard InChI is InChI=1S/C14H18N4O2S/c1-8(19)9-2-6-18(7-3-9)14(20)12-10(15)11-13(21-12)17-5-4-16-11/h4-5,8-9,19H,2-3,6-7,15H2,1H3. The summed E-state index contributed by atoms with van der Waals surface area (Å²) in [6.45, 7) is 3.12. The number of carbonyl (C=O) groups excluding carboxylic acids is 1. The van der Waals surface area contributed by atoms with Crippen LogP contribution in [0, 0.1) is 5.92 Å². The van der Waals surface area contributed by atoms with Crippen LogP contribution in [-0.2, 0) is 0 Å². The summed E-state index contributed by atoms with van der Waals surface area (Å²) in [5, 5.41) is 9.62. The minimum absolute atomic E-state index is 0.0543. The molecule has 1 amide bonds. The zero-order valence-corrected chi connectivity index (χ0v) is 12.6. The number of rotatable bonds is 2. The number of aliphatic hydroxyl groups is 1. The van der Waals surface area contributed by atoms with Crippen molar-refractivity contribution in [1.82, 2.24) is 14.9 Å². The number of thiophene rings is 1. The van der Waals surface area contributed by atoms with Crippen molar-refractivity contribution >= 4 is 33.3 Å². The Morgan fingerprint density at radius 2 is 2.10 bits per heavy atom. The first-order valence-corrected chi connectivity index (χ1v) is 7.86. The molecule has 0 aromatic carbocycles. The van der Waals surface area contributed by atoms with Crippen LogP contribution >= 0.6 is 11.3 Å². The monoisotopic (exact) mass is 306 g/mol. The van der Waals surface area contributed by atoms with Crippen molar-refractivity contribution in [2.24, 2.45) is 5.92 Å². The summed E-state index contributed by atoms with van der Waals surface area (Å²) >= 11 is 1.29. The zero-order chi connectivity index (χ0) is 15.0. The number of aromatic nitrogens is 2. The van der Waals surface area contributed by atoms with Gasteiger partial charge >= 0.3 is 0 Å². The molecule has 1 saturated heterocycles. The largest absolute Gasteiger partial charge is 0.396 e. The second-order valence-electron chi connectivity index (χ2n) is 5.43. The summed E-state index contributed by atoms with van der Waals surface area (Å²) < 4.78 is 0. The van der Waals surface area contributed by atoms with Gasteiger partial charge < -0.3 is 15.7 Å². The summed E-state index contributed by atoms with van der Waals surface area (Å²) in [7, 11) is 0. The number of fused-ring (bicyclic) bond motifs is 1. The van der Waals surface area contributed by atoms with Gasteiger partial charge in [-0.15, -0.1) is 11.3 Å². The lowest BCUT2D eigenvalue weighted by atomic mass is 9.92. The van der Waals surface area contributed by atoms with Gasteiger partial charge in [0.1, 0.15) is 15.2 Å². The van der Waals surface area contributed by atoms with Crippen LogP contribution in [0.25, 0.3) is 10.3 Å². The Labute approximate surface area is 126 Å². The van der Waals surface area contributed by atoms with Gasteiger partial charge in [-0.25, -0.2) is 9.97 Å². The number of nitrogens with two attached hydrogens (primary N) is 1. The molecule has 0 bridgehead atoms. The van der Waals surface area contributed by atoms with E-state index in [1.165, 1.54) is 11.3 Å². The second-order valence-corrected chi connectivity index (χ2v) is 6.42. The third-order valence-electron chi connectivity index (χ3n) is 4.07. The highest BCUT2D eigenvalue weighted by molar-refractivity contribution is 7.21. The smallest absolute Gasteiger partial charge is 0.266 e. The third-order valence-corrected chi connectivity index (χ3v) is 5.16. The summed E-state index contributed by atoms with van der Waals surface area (Å²) in [5.74, 6) is 0.221. The average Bonchev–Trinajstić information content (AvgIpc) is 2.84. The second kappa shape index (κ2) is 5.57. The van der Waals surface area contributed by atoms with Crippen LogP contribution in [0.5, 0.6) is 0 Å². The van der Waals surface area contributed by atoms with Crippen LogP contribution in [0.3, 0.4) is 0 Å². The quantitative estimate of drug-likeness (QED) is 0.877. The molecule has 1 aliphatic heterocycles. The predicted octanol–water partition coefficient (Wildman–Crippen LogP) is 1.51. The van der Waals surface area contributed by atoms with E-state index in [2.05, 4.69) is 9.97 Å². The van der Waals surface area contributed by atoms with Crippen LogP contribution in [0.15, 0.2) is 12.4 Å². The van der Waals surface area contributed by atoms with Crippen molar-refractivity contribution < 1.29 is 9.90 Å². The highest BCUT2D eigenvalue weighted by atomic mass is 32.1. The van der Waals surface area contributed by atoms with Gasteiger partial charge in [0.2, 0.25) is 0 Å². The molecule has 3 N–H and O–H groups in total. The topological polar surface area (TPSA) is 92.3 Å². The van der Waals surface area contributed by atoms with Crippen LogP contribution in [0.1, 0.15) is 29.4 Å². The number of anilines is 1. The molecule has 0 saturated carbocycles. The minimum Gasteiger partial charge on any atom is -0.396 e. The Morgan fingerprint density at radius 3 is 2.71 bits per heavy atom. The molecule has 1 aliphatic rings. The van der Waals surface area contributed by atoms with Gasteiger partial charge in [-0.3, -0.25) is 4.79 Å². The Hall–Kier alpha value is -1.73. The Kier molecular flexibility index (Phi) is 3.77. The Morgan fingerprint density at radius 1 is 1.43 bits per heavy atom. The zero-order valence-electron chi connectivity index (χ0n) is 11.8. The molecule has 7 heteroatoms. The molecule has 0 radical (unpaired) electrons. The highest BCUT2D eigenvalue weighted by Gasteiger charge is 2.28. The van der Waals surface area contributed by atoms with Gasteiger partial charge in [0.05, 0.1) is 11.8 Å². The lowest BCUT2D eigenvalue weighted by Crippen LogP contribution is -2.40. The van der Waals surface area contributed by atoms with E-state index in [0.717, 1.165) is 12.8 Å². The van der Waals surface area contributed by atoms with E-state index in [0.29, 0.717) is 34.0 Å². The van der Waals surface area contributed by atoms with E-state index < -0.39 is 0 Å². The lowest BCUT2D eigenvalue weighted by molar-refractivity contribution is 0.0526. The van der Waals surface area contributed by atoms with Gasteiger partial charge in [0, 0.05) is 25.5 Å². The van der Waals surface area contributed by atoms with E-state index in [9.17, 15) is 9.90 Å². The molecule has 2 aromatic rings. The number of nitrogen functional groups attached to an aromatic ring is 1. The molecule has 3 heterocycles. The first-order chi connectivity index (χ1) is 10.1. The molecule has 0 spiro atoms. The van der Waals surface area contributed by atoms with Gasteiger partial charge in [-0.2, -0.15) is 0 Å². The predicted molar refractivity (Wildman–Crippen MR) is 82.1 cm³/mol. The number of nitrogens with zero attached hydrogens (tertiary/aromatic N) is 3. The van der Waals surface area contributed by atoms with E-state index >= 15 is 0 Å². The van der Waals surface area contributed by atoms with Crippen LogP contribution in [0.4, 0.5) is 5.69 Å². The summed E-state index contributed by atoms with van der Waals surface area (Å²) in [6.07, 6.45) is 4.51. The minimum atomic E-state index is -0.315. The number of hydrogen-bond donors (Lipinski definition) is 2. The van der Waals surface area contributed by atoms with Crippen LogP contribution in [0.2, 0.25) is 0 Å². The van der Waals surface area contributed by atoms with Crippen molar-refractivity contribution in [2.75, 3.05) is 18.8 Å². The number of amides is 1. The van der Waals surface area contributed by atoms with E-state index in [4.69, 9.17) is 5.73 Å². The lowest BCUT2D eigenvalue weighted by Gasteiger charge is -2.33. The normalized spacial score (nSPS) is 18.1. The van der Waals surface area contributed by atoms with Crippen LogP contribution < -0.4 is 5.73 Å². The number of piperidine rings is 1. The van der Waals surface area contributed by atoms with Crippen molar-refractivity contribution in [3.8, 4) is 0 Å². The molecule has 2 aromatic heterocycles. The van der Waals surface area contributed by atoms with Crippen molar-refractivity contribution in [3.05, 3.63) is 17.3 Å². The first-order valence-electron chi connectivity index (χ1n) is 7.04. The maximum atomic E-state index is 12.6. The van der Waals surface area contributed by atoms with E-state index in [-0.39, 0.29) is 17.9 Å². The maximum Gasteiger partial charge on any atom is 0.266 e. The maximum absolute atomic E-state index is 12.6. The fourth-order valence-electron chi connectivity index (χ4n) is 2.73. The molecule has 6 nitrogen and oxygen atoms in total. The molecule has 0 aliphatic carbocycles. The fourth-order valence-corrected chi connectivity index (χ4v) is 3.72. The molecule has 1 fully saturated rings. The molecule has 3 rings (SSSR count). The van der Waals surface area contributed by atoms with E-state index in [1.54, 1.807) is 17.3 Å².